The van der Waals surface area contributed by atoms with E-state index in [0.29, 0.717) is 5.41 Å². The second-order valence-electron chi connectivity index (χ2n) is 4.65. The van der Waals surface area contributed by atoms with Crippen LogP contribution in [0.2, 0.25) is 0 Å². The molecule has 2 nitrogen and oxygen atoms in total. The molecule has 0 aromatic heterocycles. The van der Waals surface area contributed by atoms with Crippen molar-refractivity contribution in [3.05, 3.63) is 0 Å². The van der Waals surface area contributed by atoms with Crippen LogP contribution in [0.3, 0.4) is 0 Å². The van der Waals surface area contributed by atoms with Crippen molar-refractivity contribution < 1.29 is 0 Å². The van der Waals surface area contributed by atoms with E-state index in [9.17, 15) is 0 Å². The molecule has 2 aliphatic rings. The molecule has 0 aliphatic carbocycles. The maximum absolute atomic E-state index is 2.53. The third-order valence-corrected chi connectivity index (χ3v) is 2.70. The lowest BCUT2D eigenvalue weighted by atomic mass is 9.95. The zero-order valence-corrected chi connectivity index (χ0v) is 7.64. The van der Waals surface area contributed by atoms with Gasteiger partial charge in [-0.25, -0.2) is 10.0 Å². The first-order chi connectivity index (χ1) is 5.17. The molecule has 2 saturated heterocycles. The molecule has 2 rings (SSSR count). The van der Waals surface area contributed by atoms with E-state index in [1.54, 1.807) is 0 Å². The number of rotatable bonds is 0. The van der Waals surface area contributed by atoms with Gasteiger partial charge in [0, 0.05) is 26.2 Å². The van der Waals surface area contributed by atoms with Crippen molar-refractivity contribution in [3.8, 4) is 0 Å². The van der Waals surface area contributed by atoms with Gasteiger partial charge in [-0.1, -0.05) is 13.8 Å². The fourth-order valence-corrected chi connectivity index (χ4v) is 2.27. The monoisotopic (exact) mass is 154 g/mol. The van der Waals surface area contributed by atoms with E-state index in [2.05, 4.69) is 23.9 Å². The van der Waals surface area contributed by atoms with Crippen molar-refractivity contribution in [2.45, 2.75) is 26.7 Å². The summed E-state index contributed by atoms with van der Waals surface area (Å²) in [5.74, 6) is 0. The Hall–Kier alpha value is -0.0800. The molecule has 0 unspecified atom stereocenters. The van der Waals surface area contributed by atoms with Crippen molar-refractivity contribution in [2.75, 3.05) is 26.2 Å². The maximum atomic E-state index is 2.53. The molecule has 2 heteroatoms. The molecule has 2 heterocycles. The summed E-state index contributed by atoms with van der Waals surface area (Å²) in [7, 11) is 0. The zero-order chi connectivity index (χ0) is 7.90. The minimum absolute atomic E-state index is 0.532. The quantitative estimate of drug-likeness (QED) is 0.519. The highest BCUT2D eigenvalue weighted by atomic mass is 15.7. The van der Waals surface area contributed by atoms with Crippen LogP contribution in [0.15, 0.2) is 0 Å². The van der Waals surface area contributed by atoms with E-state index in [-0.39, 0.29) is 0 Å². The second-order valence-corrected chi connectivity index (χ2v) is 4.65. The molecular weight excluding hydrogens is 136 g/mol. The van der Waals surface area contributed by atoms with Crippen LogP contribution in [0.25, 0.3) is 0 Å². The highest BCUT2D eigenvalue weighted by Crippen LogP contribution is 2.29. The lowest BCUT2D eigenvalue weighted by Gasteiger charge is -2.31. The largest absolute Gasteiger partial charge is 0.241 e. The number of hydrogen-bond donors (Lipinski definition) is 0. The summed E-state index contributed by atoms with van der Waals surface area (Å²) in [6.45, 7) is 9.86. The van der Waals surface area contributed by atoms with Crippen LogP contribution >= 0.6 is 0 Å². The van der Waals surface area contributed by atoms with Gasteiger partial charge in [0.1, 0.15) is 0 Å². The summed E-state index contributed by atoms with van der Waals surface area (Å²) in [6, 6.07) is 0. The smallest absolute Gasteiger partial charge is 0.0197 e. The van der Waals surface area contributed by atoms with E-state index in [1.807, 2.05) is 0 Å². The van der Waals surface area contributed by atoms with Gasteiger partial charge in [0.05, 0.1) is 0 Å². The molecule has 2 aliphatic heterocycles. The third-order valence-electron chi connectivity index (χ3n) is 2.70. The Bertz CT molecular complexity index is 138. The summed E-state index contributed by atoms with van der Waals surface area (Å²) >= 11 is 0. The molecule has 0 aromatic carbocycles. The molecule has 0 N–H and O–H groups in total. The number of nitrogens with zero attached hydrogens (tertiary/aromatic N) is 2. The minimum atomic E-state index is 0.532. The van der Waals surface area contributed by atoms with Gasteiger partial charge in [0.2, 0.25) is 0 Å². The first kappa shape index (κ1) is 7.56. The fourth-order valence-electron chi connectivity index (χ4n) is 2.27. The van der Waals surface area contributed by atoms with Crippen LogP contribution in [0, 0.1) is 5.41 Å². The lowest BCUT2D eigenvalue weighted by Crippen LogP contribution is -2.41. The number of hydrazine groups is 1. The minimum Gasteiger partial charge on any atom is -0.241 e. The topological polar surface area (TPSA) is 6.48 Å². The molecule has 0 amide bonds. The molecular formula is C9H18N2. The van der Waals surface area contributed by atoms with Crippen LogP contribution in [-0.4, -0.2) is 36.2 Å². The van der Waals surface area contributed by atoms with Crippen molar-refractivity contribution >= 4 is 0 Å². The number of hydrogen-bond acceptors (Lipinski definition) is 2. The molecule has 0 spiro atoms. The fraction of sp³-hybridized carbons (Fsp3) is 1.00. The van der Waals surface area contributed by atoms with E-state index >= 15 is 0 Å². The highest BCUT2D eigenvalue weighted by Gasteiger charge is 2.36. The van der Waals surface area contributed by atoms with Gasteiger partial charge in [-0.05, 0) is 18.3 Å². The average Bonchev–Trinajstić information content (AvgIpc) is 2.21. The highest BCUT2D eigenvalue weighted by molar-refractivity contribution is 4.85. The summed E-state index contributed by atoms with van der Waals surface area (Å²) in [4.78, 5) is 0. The maximum Gasteiger partial charge on any atom is 0.0197 e. The molecule has 0 radical (unpaired) electrons. The van der Waals surface area contributed by atoms with Gasteiger partial charge in [0.25, 0.3) is 0 Å². The SMILES string of the molecule is CC1(C)CN2CCCCN2C1. The summed E-state index contributed by atoms with van der Waals surface area (Å²) in [5, 5.41) is 5.06. The normalized spacial score (nSPS) is 32.2. The van der Waals surface area contributed by atoms with E-state index in [0.717, 1.165) is 0 Å². The van der Waals surface area contributed by atoms with Crippen LogP contribution in [0.1, 0.15) is 26.7 Å². The third kappa shape index (κ3) is 1.42. The first-order valence-electron chi connectivity index (χ1n) is 4.67. The van der Waals surface area contributed by atoms with Crippen molar-refractivity contribution in [2.24, 2.45) is 5.41 Å². The molecule has 64 valence electrons. The molecule has 0 bridgehead atoms. The zero-order valence-electron chi connectivity index (χ0n) is 7.64. The van der Waals surface area contributed by atoms with Gasteiger partial charge in [0.15, 0.2) is 0 Å². The Morgan fingerprint density at radius 1 is 0.909 bits per heavy atom. The average molecular weight is 154 g/mol. The van der Waals surface area contributed by atoms with Gasteiger partial charge in [-0.15, -0.1) is 0 Å². The lowest BCUT2D eigenvalue weighted by molar-refractivity contribution is -0.00111. The summed E-state index contributed by atoms with van der Waals surface area (Å²) in [5.41, 5.74) is 0.532. The van der Waals surface area contributed by atoms with Crippen LogP contribution < -0.4 is 0 Å². The molecule has 0 saturated carbocycles. The van der Waals surface area contributed by atoms with E-state index < -0.39 is 0 Å². The predicted octanol–water partition coefficient (Wildman–Crippen LogP) is 1.34. The Morgan fingerprint density at radius 2 is 1.36 bits per heavy atom. The Labute approximate surface area is 69.1 Å². The molecule has 0 atom stereocenters. The Balaban J connectivity index is 2.03. The molecule has 0 aromatic rings. The second kappa shape index (κ2) is 2.46. The van der Waals surface area contributed by atoms with E-state index in [4.69, 9.17) is 0 Å². The predicted molar refractivity (Wildman–Crippen MR) is 46.2 cm³/mol. The summed E-state index contributed by atoms with van der Waals surface area (Å²) in [6.07, 6.45) is 2.79. The Morgan fingerprint density at radius 3 is 1.82 bits per heavy atom. The van der Waals surface area contributed by atoms with Crippen molar-refractivity contribution in [3.63, 3.8) is 0 Å². The van der Waals surface area contributed by atoms with E-state index in [1.165, 1.54) is 39.0 Å². The summed E-state index contributed by atoms with van der Waals surface area (Å²) < 4.78 is 0. The molecule has 2 fully saturated rings. The standard InChI is InChI=1S/C9H18N2/c1-9(2)7-10-5-3-4-6-11(10)8-9/h3-8H2,1-2H3. The number of fused-ring (bicyclic) bond motifs is 1. The van der Waals surface area contributed by atoms with Gasteiger partial charge < -0.3 is 0 Å². The first-order valence-corrected chi connectivity index (χ1v) is 4.67. The van der Waals surface area contributed by atoms with Gasteiger partial charge >= 0.3 is 0 Å². The van der Waals surface area contributed by atoms with Gasteiger partial charge in [-0.2, -0.15) is 0 Å². The molecule has 11 heavy (non-hydrogen) atoms. The Kier molecular flexibility index (Phi) is 1.69. The van der Waals surface area contributed by atoms with Crippen LogP contribution in [-0.2, 0) is 0 Å². The van der Waals surface area contributed by atoms with Crippen molar-refractivity contribution in [1.82, 2.24) is 10.0 Å². The van der Waals surface area contributed by atoms with Crippen LogP contribution in [0.4, 0.5) is 0 Å². The van der Waals surface area contributed by atoms with Gasteiger partial charge in [-0.3, -0.25) is 0 Å². The van der Waals surface area contributed by atoms with Crippen molar-refractivity contribution in [1.29, 1.82) is 0 Å². The van der Waals surface area contributed by atoms with Crippen LogP contribution in [0.5, 0.6) is 0 Å².